The van der Waals surface area contributed by atoms with Gasteiger partial charge in [-0.25, -0.2) is 8.78 Å². The van der Waals surface area contributed by atoms with Crippen LogP contribution in [0.4, 0.5) is 8.78 Å². The van der Waals surface area contributed by atoms with Gasteiger partial charge in [-0.1, -0.05) is 91.0 Å². The lowest BCUT2D eigenvalue weighted by Gasteiger charge is -2.17. The minimum Gasteiger partial charge on any atom is -0.207 e. The summed E-state index contributed by atoms with van der Waals surface area (Å²) >= 11 is 0. The second-order valence-electron chi connectivity index (χ2n) is 14.3. The quantitative estimate of drug-likeness (QED) is 0.126. The number of aryl methyl sites for hydroxylation is 2. The third-order valence-electron chi connectivity index (χ3n) is 11.1. The third kappa shape index (κ3) is 4.47. The first-order valence-electron chi connectivity index (χ1n) is 17.9. The fourth-order valence-corrected chi connectivity index (χ4v) is 9.16. The van der Waals surface area contributed by atoms with E-state index < -0.39 is 0 Å². The Labute approximate surface area is 305 Å². The summed E-state index contributed by atoms with van der Waals surface area (Å²) in [5.41, 5.74) is 6.51. The number of halogens is 2. The summed E-state index contributed by atoms with van der Waals surface area (Å²) in [6.45, 7) is 5.97. The van der Waals surface area contributed by atoms with Crippen molar-refractivity contribution < 1.29 is 8.78 Å². The Bertz CT molecular complexity index is 3300. The van der Waals surface area contributed by atoms with Crippen LogP contribution in [0.3, 0.4) is 0 Å². The van der Waals surface area contributed by atoms with Crippen LogP contribution in [0.1, 0.15) is 18.1 Å². The molecule has 11 rings (SSSR count). The van der Waals surface area contributed by atoms with Gasteiger partial charge in [0.05, 0.1) is 0 Å². The molecular weight excluding hydrogens is 651 g/mol. The van der Waals surface area contributed by atoms with Crippen LogP contribution in [0.5, 0.6) is 0 Å². The summed E-state index contributed by atoms with van der Waals surface area (Å²) in [7, 11) is 0. The van der Waals surface area contributed by atoms with Crippen LogP contribution < -0.4 is 0 Å². The van der Waals surface area contributed by atoms with Crippen LogP contribution in [0, 0.1) is 37.8 Å². The van der Waals surface area contributed by atoms with E-state index in [0.717, 1.165) is 43.8 Å². The molecule has 0 aliphatic carbocycles. The van der Waals surface area contributed by atoms with E-state index in [0.29, 0.717) is 0 Å². The van der Waals surface area contributed by atoms with Gasteiger partial charge in [0.1, 0.15) is 11.6 Å². The summed E-state index contributed by atoms with van der Waals surface area (Å²) in [4.78, 5) is 0. The molecule has 11 aromatic carbocycles. The van der Waals surface area contributed by atoms with Crippen molar-refractivity contribution in [1.29, 1.82) is 0 Å². The van der Waals surface area contributed by atoms with Crippen LogP contribution in [-0.2, 0) is 0 Å². The number of hydrogen-bond donors (Lipinski definition) is 0. The second-order valence-corrected chi connectivity index (χ2v) is 14.3. The van der Waals surface area contributed by atoms with Crippen LogP contribution in [0.2, 0.25) is 0 Å². The highest BCUT2D eigenvalue weighted by atomic mass is 19.1. The van der Waals surface area contributed by atoms with Crippen LogP contribution in [0.15, 0.2) is 133 Å². The van der Waals surface area contributed by atoms with Crippen molar-refractivity contribution in [1.82, 2.24) is 0 Å². The SMILES string of the molecule is C#CC.Cc1cc2cc(C)cc3c4c(-c5ccc(F)cc5)c5cc6c(cc5c(-c5ccc(F)cc5)c4c(c1)c23)c1cccc2c3ccccc3cc6c21. The van der Waals surface area contributed by atoms with Crippen molar-refractivity contribution in [3.63, 3.8) is 0 Å². The van der Waals surface area contributed by atoms with Gasteiger partial charge in [0.25, 0.3) is 0 Å². The maximum atomic E-state index is 14.6. The largest absolute Gasteiger partial charge is 0.207 e. The molecule has 0 nitrogen and oxygen atoms in total. The van der Waals surface area contributed by atoms with Crippen molar-refractivity contribution in [2.24, 2.45) is 0 Å². The van der Waals surface area contributed by atoms with Gasteiger partial charge in [-0.15, -0.1) is 12.3 Å². The first-order chi connectivity index (χ1) is 25.8. The average Bonchev–Trinajstić information content (AvgIpc) is 3.64. The summed E-state index contributed by atoms with van der Waals surface area (Å²) in [6, 6.07) is 45.4. The molecule has 0 saturated heterocycles. The Morgan fingerprint density at radius 3 is 1.42 bits per heavy atom. The van der Waals surface area contributed by atoms with E-state index in [2.05, 4.69) is 111 Å². The highest BCUT2D eigenvalue weighted by Gasteiger charge is 2.25. The predicted octanol–water partition coefficient (Wildman–Crippen LogP) is 14.7. The van der Waals surface area contributed by atoms with Crippen molar-refractivity contribution in [3.8, 4) is 34.6 Å². The van der Waals surface area contributed by atoms with Crippen LogP contribution >= 0.6 is 0 Å². The maximum Gasteiger partial charge on any atom is 0.123 e. The molecular formula is C51H32F2. The minimum atomic E-state index is -0.260. The molecule has 0 aliphatic heterocycles. The maximum absolute atomic E-state index is 14.6. The number of benzene rings is 9. The summed E-state index contributed by atoms with van der Waals surface area (Å²) in [6.07, 6.45) is 4.60. The zero-order valence-electron chi connectivity index (χ0n) is 29.5. The first-order valence-corrected chi connectivity index (χ1v) is 17.9. The Morgan fingerprint density at radius 1 is 0.396 bits per heavy atom. The molecule has 11 aromatic rings. The van der Waals surface area contributed by atoms with Crippen molar-refractivity contribution >= 4 is 86.2 Å². The Kier molecular flexibility index (Phi) is 6.75. The van der Waals surface area contributed by atoms with Crippen LogP contribution in [0.25, 0.3) is 108 Å². The molecule has 0 atom stereocenters. The molecule has 0 heterocycles. The molecule has 0 N–H and O–H groups in total. The smallest absolute Gasteiger partial charge is 0.123 e. The molecule has 0 radical (unpaired) electrons. The van der Waals surface area contributed by atoms with E-state index in [-0.39, 0.29) is 11.6 Å². The van der Waals surface area contributed by atoms with Gasteiger partial charge >= 0.3 is 0 Å². The fraction of sp³-hybridized carbons (Fsp3) is 0.0588. The lowest BCUT2D eigenvalue weighted by Crippen LogP contribution is -1.90. The lowest BCUT2D eigenvalue weighted by atomic mass is 9.85. The number of rotatable bonds is 2. The van der Waals surface area contributed by atoms with Crippen molar-refractivity contribution in [2.75, 3.05) is 0 Å². The molecule has 0 bridgehead atoms. The molecule has 0 amide bonds. The van der Waals surface area contributed by atoms with E-state index in [4.69, 9.17) is 0 Å². The molecule has 0 fully saturated rings. The van der Waals surface area contributed by atoms with E-state index in [9.17, 15) is 8.78 Å². The van der Waals surface area contributed by atoms with Crippen molar-refractivity contribution in [3.05, 3.63) is 156 Å². The Balaban J connectivity index is 0.00000113. The lowest BCUT2D eigenvalue weighted by molar-refractivity contribution is 0.627. The second kappa shape index (κ2) is 11.5. The summed E-state index contributed by atoms with van der Waals surface area (Å²) < 4.78 is 29.1. The minimum absolute atomic E-state index is 0.260. The molecule has 53 heavy (non-hydrogen) atoms. The average molecular weight is 683 g/mol. The zero-order chi connectivity index (χ0) is 36.1. The zero-order valence-corrected chi connectivity index (χ0v) is 29.5. The van der Waals surface area contributed by atoms with Gasteiger partial charge in [-0.2, -0.15) is 0 Å². The van der Waals surface area contributed by atoms with Crippen molar-refractivity contribution in [2.45, 2.75) is 20.8 Å². The third-order valence-corrected chi connectivity index (χ3v) is 11.1. The summed E-state index contributed by atoms with van der Waals surface area (Å²) in [5, 5.41) is 19.2. The molecule has 0 unspecified atom stereocenters. The number of fused-ring (bicyclic) bond motifs is 9. The van der Waals surface area contributed by atoms with E-state index in [1.54, 1.807) is 31.2 Å². The van der Waals surface area contributed by atoms with E-state index in [1.165, 1.54) is 75.8 Å². The monoisotopic (exact) mass is 682 g/mol. The highest BCUT2D eigenvalue weighted by molar-refractivity contribution is 6.42. The normalized spacial score (nSPS) is 11.8. The topological polar surface area (TPSA) is 0 Å². The highest BCUT2D eigenvalue weighted by Crippen LogP contribution is 2.53. The Morgan fingerprint density at radius 2 is 0.868 bits per heavy atom. The number of hydrogen-bond acceptors (Lipinski definition) is 0. The standard InChI is InChI=1S/C48H28F2.C3H4/c1-25-18-30-19-26(2)21-42-43(30)41(20-25)47-44(27-10-14-31(49)15-11-27)39-23-36-35-9-5-8-34-33-7-4-3-6-29(33)22-38(46(34)35)37(36)24-40(39)45(48(42)47)28-12-16-32(50)17-13-28;1-3-2/h3-24H,1-2H3;1H,2H3. The van der Waals surface area contributed by atoms with Gasteiger partial charge in [0, 0.05) is 0 Å². The van der Waals surface area contributed by atoms with Crippen LogP contribution in [-0.4, -0.2) is 0 Å². The van der Waals surface area contributed by atoms with Gasteiger partial charge in [0.15, 0.2) is 0 Å². The van der Waals surface area contributed by atoms with Gasteiger partial charge < -0.3 is 0 Å². The van der Waals surface area contributed by atoms with Gasteiger partial charge in [-0.05, 0) is 183 Å². The molecule has 0 aromatic heterocycles. The van der Waals surface area contributed by atoms with Gasteiger partial charge in [-0.3, -0.25) is 0 Å². The Hall–Kier alpha value is -6.56. The molecule has 0 saturated carbocycles. The molecule has 0 aliphatic rings. The number of terminal acetylenes is 1. The summed E-state index contributed by atoms with van der Waals surface area (Å²) in [5.74, 6) is 1.73. The predicted molar refractivity (Wildman–Crippen MR) is 224 cm³/mol. The molecule has 2 heteroatoms. The fourth-order valence-electron chi connectivity index (χ4n) is 9.16. The molecule has 250 valence electrons. The molecule has 0 spiro atoms. The van der Waals surface area contributed by atoms with Gasteiger partial charge in [0.2, 0.25) is 0 Å². The van der Waals surface area contributed by atoms with E-state index >= 15 is 0 Å². The first kappa shape index (κ1) is 31.2. The van der Waals surface area contributed by atoms with E-state index in [1.807, 2.05) is 24.3 Å².